The van der Waals surface area contributed by atoms with E-state index in [0.29, 0.717) is 17.2 Å². The number of fused-ring (bicyclic) bond motifs is 5. The van der Waals surface area contributed by atoms with Gasteiger partial charge in [0.1, 0.15) is 11.2 Å². The summed E-state index contributed by atoms with van der Waals surface area (Å²) >= 11 is 0. The Morgan fingerprint density at radius 2 is 1.97 bits per heavy atom. The van der Waals surface area contributed by atoms with Crippen molar-refractivity contribution in [1.29, 1.82) is 0 Å². The van der Waals surface area contributed by atoms with Gasteiger partial charge in [0, 0.05) is 32.4 Å². The largest absolute Gasteiger partial charge is 0.462 e. The van der Waals surface area contributed by atoms with Crippen LogP contribution in [0.1, 0.15) is 17.3 Å². The molecule has 4 aromatic rings. The lowest BCUT2D eigenvalue weighted by Crippen LogP contribution is -2.45. The van der Waals surface area contributed by atoms with Crippen LogP contribution in [0.2, 0.25) is 0 Å². The van der Waals surface area contributed by atoms with Crippen molar-refractivity contribution in [3.63, 3.8) is 0 Å². The molecular weight excluding hydrogens is 384 g/mol. The fourth-order valence-corrected chi connectivity index (χ4v) is 3.96. The van der Waals surface area contributed by atoms with E-state index in [4.69, 9.17) is 9.72 Å². The molecule has 3 aromatic heterocycles. The second kappa shape index (κ2) is 7.10. The number of nitrogens with one attached hydrogen (secondary N) is 1. The molecule has 0 amide bonds. The number of rotatable bonds is 3. The zero-order valence-corrected chi connectivity index (χ0v) is 16.9. The van der Waals surface area contributed by atoms with Gasteiger partial charge < -0.3 is 19.5 Å². The number of ether oxygens (including phenoxy) is 1. The van der Waals surface area contributed by atoms with Gasteiger partial charge in [0.25, 0.3) is 0 Å². The minimum Gasteiger partial charge on any atom is -0.462 e. The third-order valence-electron chi connectivity index (χ3n) is 5.56. The standard InChI is InChI=1S/C21H22N6O3/c1-3-30-20(29)16-17(28)13-12-22-21(26-10-8-25(2)9-11-26)24-18(13)27-15-7-5-4-6-14(15)23-19(16)27/h4-7,12,23H,3,8-11H2,1-2H3. The molecule has 154 valence electrons. The van der Waals surface area contributed by atoms with Crippen molar-refractivity contribution in [2.75, 3.05) is 44.7 Å². The molecule has 0 saturated carbocycles. The molecule has 1 aliphatic rings. The van der Waals surface area contributed by atoms with Crippen molar-refractivity contribution in [3.05, 3.63) is 46.2 Å². The lowest BCUT2D eigenvalue weighted by atomic mass is 10.2. The maximum atomic E-state index is 13.2. The first-order chi connectivity index (χ1) is 14.6. The Morgan fingerprint density at radius 3 is 2.73 bits per heavy atom. The monoisotopic (exact) mass is 406 g/mol. The van der Waals surface area contributed by atoms with Gasteiger partial charge in [-0.25, -0.2) is 9.78 Å². The Bertz CT molecular complexity index is 1330. The van der Waals surface area contributed by atoms with E-state index in [9.17, 15) is 9.59 Å². The quantitative estimate of drug-likeness (QED) is 0.517. The highest BCUT2D eigenvalue weighted by Gasteiger charge is 2.25. The summed E-state index contributed by atoms with van der Waals surface area (Å²) < 4.78 is 6.98. The van der Waals surface area contributed by atoms with E-state index in [1.54, 1.807) is 6.92 Å². The highest BCUT2D eigenvalue weighted by Crippen LogP contribution is 2.24. The Hall–Kier alpha value is -3.46. The fourth-order valence-electron chi connectivity index (χ4n) is 3.96. The zero-order valence-electron chi connectivity index (χ0n) is 16.9. The van der Waals surface area contributed by atoms with Crippen LogP contribution < -0.4 is 10.3 Å². The molecule has 30 heavy (non-hydrogen) atoms. The number of piperazine rings is 1. The summed E-state index contributed by atoms with van der Waals surface area (Å²) in [7, 11) is 2.09. The number of nitrogens with zero attached hydrogens (tertiary/aromatic N) is 5. The van der Waals surface area contributed by atoms with Crippen molar-refractivity contribution in [2.24, 2.45) is 0 Å². The smallest absolute Gasteiger partial charge is 0.345 e. The maximum absolute atomic E-state index is 13.2. The van der Waals surface area contributed by atoms with Crippen molar-refractivity contribution in [2.45, 2.75) is 6.92 Å². The van der Waals surface area contributed by atoms with Gasteiger partial charge in [-0.2, -0.15) is 4.98 Å². The molecule has 0 spiro atoms. The van der Waals surface area contributed by atoms with E-state index in [0.717, 1.165) is 37.2 Å². The van der Waals surface area contributed by atoms with Crippen molar-refractivity contribution < 1.29 is 9.53 Å². The van der Waals surface area contributed by atoms with Crippen LogP contribution >= 0.6 is 0 Å². The Morgan fingerprint density at radius 1 is 1.20 bits per heavy atom. The molecule has 9 heteroatoms. The summed E-state index contributed by atoms with van der Waals surface area (Å²) in [5.41, 5.74) is 2.02. The predicted octanol–water partition coefficient (Wildman–Crippen LogP) is 1.65. The number of anilines is 1. The second-order valence-electron chi connectivity index (χ2n) is 7.45. The summed E-state index contributed by atoms with van der Waals surface area (Å²) in [6.45, 7) is 5.37. The van der Waals surface area contributed by atoms with E-state index in [1.165, 1.54) is 6.20 Å². The molecule has 1 N–H and O–H groups in total. The van der Waals surface area contributed by atoms with Gasteiger partial charge in [-0.1, -0.05) is 12.1 Å². The van der Waals surface area contributed by atoms with Crippen molar-refractivity contribution >= 4 is 39.6 Å². The average molecular weight is 406 g/mol. The van der Waals surface area contributed by atoms with Gasteiger partial charge in [0.05, 0.1) is 23.0 Å². The van der Waals surface area contributed by atoms with Gasteiger partial charge >= 0.3 is 5.97 Å². The molecule has 0 aliphatic carbocycles. The first-order valence-electron chi connectivity index (χ1n) is 10.0. The van der Waals surface area contributed by atoms with Crippen LogP contribution in [0, 0.1) is 0 Å². The molecule has 1 fully saturated rings. The minimum atomic E-state index is -0.656. The van der Waals surface area contributed by atoms with Crippen LogP contribution in [0.25, 0.3) is 27.7 Å². The highest BCUT2D eigenvalue weighted by molar-refractivity contribution is 6.02. The Kier molecular flexibility index (Phi) is 4.39. The molecule has 0 bridgehead atoms. The number of aromatic amines is 1. The van der Waals surface area contributed by atoms with E-state index in [1.807, 2.05) is 28.7 Å². The number of carbonyl (C=O) groups is 1. The van der Waals surface area contributed by atoms with Crippen LogP contribution in [-0.2, 0) is 4.74 Å². The average Bonchev–Trinajstić information content (AvgIpc) is 3.13. The van der Waals surface area contributed by atoms with Gasteiger partial charge in [-0.15, -0.1) is 0 Å². The van der Waals surface area contributed by atoms with Crippen molar-refractivity contribution in [1.82, 2.24) is 24.3 Å². The molecule has 1 saturated heterocycles. The topological polar surface area (TPSA) is 95.8 Å². The summed E-state index contributed by atoms with van der Waals surface area (Å²) in [5.74, 6) is -0.0745. The van der Waals surface area contributed by atoms with Crippen LogP contribution in [0.15, 0.2) is 35.3 Å². The first kappa shape index (κ1) is 18.6. The van der Waals surface area contributed by atoms with E-state index >= 15 is 0 Å². The fraction of sp³-hybridized carbons (Fsp3) is 0.333. The third-order valence-corrected chi connectivity index (χ3v) is 5.56. The van der Waals surface area contributed by atoms with Gasteiger partial charge in [0.15, 0.2) is 5.65 Å². The zero-order chi connectivity index (χ0) is 20.8. The van der Waals surface area contributed by atoms with Crippen LogP contribution in [0.3, 0.4) is 0 Å². The van der Waals surface area contributed by atoms with E-state index in [2.05, 4.69) is 26.8 Å². The number of benzene rings is 1. The maximum Gasteiger partial charge on any atom is 0.345 e. The lowest BCUT2D eigenvalue weighted by molar-refractivity contribution is 0.0527. The summed E-state index contributed by atoms with van der Waals surface area (Å²) in [4.78, 5) is 42.7. The molecule has 9 nitrogen and oxygen atoms in total. The van der Waals surface area contributed by atoms with Gasteiger partial charge in [-0.05, 0) is 26.1 Å². The number of para-hydroxylation sites is 2. The lowest BCUT2D eigenvalue weighted by Gasteiger charge is -2.32. The number of hydrogen-bond acceptors (Lipinski definition) is 7. The van der Waals surface area contributed by atoms with Gasteiger partial charge in [-0.3, -0.25) is 9.20 Å². The van der Waals surface area contributed by atoms with Crippen LogP contribution in [-0.4, -0.2) is 70.1 Å². The molecular formula is C21H22N6O3. The number of aromatic nitrogens is 4. The Labute approximate surface area is 171 Å². The summed E-state index contributed by atoms with van der Waals surface area (Å²) in [6.07, 6.45) is 1.52. The number of esters is 1. The molecule has 5 rings (SSSR count). The van der Waals surface area contributed by atoms with Crippen molar-refractivity contribution in [3.8, 4) is 0 Å². The van der Waals surface area contributed by atoms with E-state index in [-0.39, 0.29) is 17.6 Å². The number of hydrogen-bond donors (Lipinski definition) is 1. The number of imidazole rings is 1. The molecule has 0 atom stereocenters. The Balaban J connectivity index is 1.82. The number of likely N-dealkylation sites (N-methyl/N-ethyl adjacent to an activating group) is 1. The van der Waals surface area contributed by atoms with E-state index < -0.39 is 11.4 Å². The normalized spacial score (nSPS) is 15.3. The molecule has 4 heterocycles. The summed E-state index contributed by atoms with van der Waals surface area (Å²) in [6, 6.07) is 7.63. The molecule has 0 unspecified atom stereocenters. The predicted molar refractivity (Wildman–Crippen MR) is 114 cm³/mol. The molecule has 0 radical (unpaired) electrons. The minimum absolute atomic E-state index is 0.0310. The number of pyridine rings is 1. The van der Waals surface area contributed by atoms with Gasteiger partial charge in [0.2, 0.25) is 11.4 Å². The number of H-pyrrole nitrogens is 1. The third kappa shape index (κ3) is 2.81. The summed E-state index contributed by atoms with van der Waals surface area (Å²) in [5, 5.41) is 0.290. The first-order valence-corrected chi connectivity index (χ1v) is 10.0. The number of carbonyl (C=O) groups excluding carboxylic acids is 1. The highest BCUT2D eigenvalue weighted by atomic mass is 16.5. The molecule has 1 aromatic carbocycles. The molecule has 1 aliphatic heterocycles. The van der Waals surface area contributed by atoms with Crippen LogP contribution in [0.5, 0.6) is 0 Å². The van der Waals surface area contributed by atoms with Crippen LogP contribution in [0.4, 0.5) is 5.95 Å². The SMILES string of the molecule is CCOC(=O)c1c(=O)c2cnc(N3CCN(C)CC3)nc2n2c1[nH]c1ccccc12. The second-order valence-corrected chi connectivity index (χ2v) is 7.45.